The second-order valence-electron chi connectivity index (χ2n) is 3.22. The molecule has 0 unspecified atom stereocenters. The molecule has 0 saturated carbocycles. The van der Waals surface area contributed by atoms with Gasteiger partial charge in [0, 0.05) is 37.2 Å². The van der Waals surface area contributed by atoms with Crippen LogP contribution in [0.4, 0.5) is 0 Å². The highest BCUT2D eigenvalue weighted by Gasteiger charge is 2.22. The van der Waals surface area contributed by atoms with Crippen molar-refractivity contribution in [3.8, 4) is 0 Å². The molecule has 0 aromatic carbocycles. The normalized spacial score (nSPS) is 17.8. The second kappa shape index (κ2) is 3.88. The van der Waals surface area contributed by atoms with Crippen molar-refractivity contribution in [1.82, 2.24) is 19.8 Å². The summed E-state index contributed by atoms with van der Waals surface area (Å²) in [7, 11) is 2.08. The molecule has 1 aromatic rings. The Labute approximate surface area is 86.1 Å². The lowest BCUT2D eigenvalue weighted by Crippen LogP contribution is -2.55. The quantitative estimate of drug-likeness (QED) is 0.807. The Bertz CT molecular complexity index is 286. The van der Waals surface area contributed by atoms with E-state index < -0.39 is 0 Å². The molecule has 0 bridgehead atoms. The summed E-state index contributed by atoms with van der Waals surface area (Å²) in [5.41, 5.74) is 0.890. The number of nitrogens with one attached hydrogen (secondary N) is 1. The van der Waals surface area contributed by atoms with Gasteiger partial charge < -0.3 is 5.32 Å². The van der Waals surface area contributed by atoms with Crippen LogP contribution in [0.2, 0.25) is 4.34 Å². The van der Waals surface area contributed by atoms with E-state index in [2.05, 4.69) is 26.9 Å². The molecular formula is C7H11ClN4S. The molecule has 1 saturated heterocycles. The highest BCUT2D eigenvalue weighted by atomic mass is 35.5. The molecule has 6 heteroatoms. The van der Waals surface area contributed by atoms with Crippen LogP contribution in [0, 0.1) is 0 Å². The van der Waals surface area contributed by atoms with Crippen molar-refractivity contribution < 1.29 is 0 Å². The van der Waals surface area contributed by atoms with Crippen molar-refractivity contribution in [1.29, 1.82) is 0 Å². The second-order valence-corrected chi connectivity index (χ2v) is 4.58. The van der Waals surface area contributed by atoms with Gasteiger partial charge in [-0.15, -0.1) is 5.10 Å². The molecule has 2 heterocycles. The first-order valence-corrected chi connectivity index (χ1v) is 5.30. The molecule has 0 atom stereocenters. The molecule has 1 N–H and O–H groups in total. The zero-order valence-corrected chi connectivity index (χ0v) is 8.90. The zero-order chi connectivity index (χ0) is 9.26. The van der Waals surface area contributed by atoms with Crippen molar-refractivity contribution in [3.63, 3.8) is 0 Å². The summed E-state index contributed by atoms with van der Waals surface area (Å²) in [5.74, 6) is 0. The summed E-state index contributed by atoms with van der Waals surface area (Å²) in [6.07, 6.45) is 0. The van der Waals surface area contributed by atoms with Crippen molar-refractivity contribution in [2.45, 2.75) is 12.6 Å². The van der Waals surface area contributed by atoms with Gasteiger partial charge in [-0.3, -0.25) is 4.90 Å². The fourth-order valence-electron chi connectivity index (χ4n) is 1.24. The van der Waals surface area contributed by atoms with Crippen LogP contribution in [0.3, 0.4) is 0 Å². The van der Waals surface area contributed by atoms with Gasteiger partial charge in [0.2, 0.25) is 0 Å². The van der Waals surface area contributed by atoms with E-state index in [1.165, 1.54) is 11.5 Å². The topological polar surface area (TPSA) is 41.1 Å². The number of hydrogen-bond donors (Lipinski definition) is 1. The first-order chi connectivity index (χ1) is 6.27. The predicted molar refractivity (Wildman–Crippen MR) is 53.0 cm³/mol. The van der Waals surface area contributed by atoms with E-state index in [1.54, 1.807) is 0 Å². The Morgan fingerprint density at radius 3 is 2.92 bits per heavy atom. The maximum Gasteiger partial charge on any atom is 0.138 e. The van der Waals surface area contributed by atoms with Gasteiger partial charge in [0.15, 0.2) is 0 Å². The van der Waals surface area contributed by atoms with Crippen LogP contribution < -0.4 is 5.32 Å². The third-order valence-corrected chi connectivity index (χ3v) is 3.28. The summed E-state index contributed by atoms with van der Waals surface area (Å²) < 4.78 is 4.50. The zero-order valence-electron chi connectivity index (χ0n) is 7.33. The fraction of sp³-hybridized carbons (Fsp3) is 0.714. The molecule has 0 spiro atoms. The standard InChI is InChI=1S/C7H11ClN4S/c1-12(5-2-9-3-5)4-6-7(8)13-11-10-6/h5,9H,2-4H2,1H3. The maximum absolute atomic E-state index is 5.90. The lowest BCUT2D eigenvalue weighted by molar-refractivity contribution is 0.171. The van der Waals surface area contributed by atoms with Gasteiger partial charge in [-0.2, -0.15) is 0 Å². The molecular weight excluding hydrogens is 208 g/mol. The van der Waals surface area contributed by atoms with Crippen LogP contribution in [-0.4, -0.2) is 40.7 Å². The Morgan fingerprint density at radius 2 is 2.46 bits per heavy atom. The minimum atomic E-state index is 0.623. The minimum Gasteiger partial charge on any atom is -0.314 e. The highest BCUT2D eigenvalue weighted by molar-refractivity contribution is 7.10. The van der Waals surface area contributed by atoms with Gasteiger partial charge in [0.1, 0.15) is 10.0 Å². The Morgan fingerprint density at radius 1 is 1.69 bits per heavy atom. The SMILES string of the molecule is CN(Cc1nnsc1Cl)C1CNC1. The summed E-state index contributed by atoms with van der Waals surface area (Å²) in [5, 5.41) is 7.20. The molecule has 2 rings (SSSR count). The maximum atomic E-state index is 5.90. The summed E-state index contributed by atoms with van der Waals surface area (Å²) in [6.45, 7) is 2.92. The molecule has 0 amide bonds. The first kappa shape index (κ1) is 9.33. The fourth-order valence-corrected chi connectivity index (χ4v) is 1.85. The van der Waals surface area contributed by atoms with Gasteiger partial charge in [-0.05, 0) is 7.05 Å². The third-order valence-electron chi connectivity index (χ3n) is 2.29. The molecule has 1 fully saturated rings. The van der Waals surface area contributed by atoms with E-state index in [1.807, 2.05) is 0 Å². The van der Waals surface area contributed by atoms with E-state index in [0.29, 0.717) is 10.4 Å². The molecule has 72 valence electrons. The molecule has 0 aliphatic carbocycles. The number of nitrogens with zero attached hydrogens (tertiary/aromatic N) is 3. The van der Waals surface area contributed by atoms with Gasteiger partial charge in [0.05, 0.1) is 0 Å². The summed E-state index contributed by atoms with van der Waals surface area (Å²) in [6, 6.07) is 0.623. The molecule has 13 heavy (non-hydrogen) atoms. The Hall–Kier alpha value is -0.230. The van der Waals surface area contributed by atoms with Crippen LogP contribution in [0.5, 0.6) is 0 Å². The minimum absolute atomic E-state index is 0.623. The number of halogens is 1. The molecule has 4 nitrogen and oxygen atoms in total. The largest absolute Gasteiger partial charge is 0.314 e. The van der Waals surface area contributed by atoms with Crippen LogP contribution in [0.15, 0.2) is 0 Å². The average Bonchev–Trinajstić information content (AvgIpc) is 2.32. The molecule has 1 aromatic heterocycles. The lowest BCUT2D eigenvalue weighted by Gasteiger charge is -2.35. The lowest BCUT2D eigenvalue weighted by atomic mass is 10.1. The van der Waals surface area contributed by atoms with Gasteiger partial charge in [0.25, 0.3) is 0 Å². The van der Waals surface area contributed by atoms with Crippen LogP contribution in [0.1, 0.15) is 5.69 Å². The number of likely N-dealkylation sites (N-methyl/N-ethyl adjacent to an activating group) is 1. The first-order valence-electron chi connectivity index (χ1n) is 4.15. The monoisotopic (exact) mass is 218 g/mol. The summed E-state index contributed by atoms with van der Waals surface area (Å²) >= 11 is 7.15. The Balaban J connectivity index is 1.93. The van der Waals surface area contributed by atoms with E-state index in [0.717, 1.165) is 25.3 Å². The van der Waals surface area contributed by atoms with Crippen LogP contribution in [-0.2, 0) is 6.54 Å². The van der Waals surface area contributed by atoms with Crippen molar-refractivity contribution in [2.75, 3.05) is 20.1 Å². The molecule has 1 aliphatic rings. The summed E-state index contributed by atoms with van der Waals surface area (Å²) in [4.78, 5) is 2.25. The van der Waals surface area contributed by atoms with Crippen molar-refractivity contribution in [2.24, 2.45) is 0 Å². The number of hydrogen-bond acceptors (Lipinski definition) is 5. The highest BCUT2D eigenvalue weighted by Crippen LogP contribution is 2.19. The third kappa shape index (κ3) is 1.99. The van der Waals surface area contributed by atoms with E-state index in [4.69, 9.17) is 11.6 Å². The number of rotatable bonds is 3. The van der Waals surface area contributed by atoms with E-state index in [9.17, 15) is 0 Å². The van der Waals surface area contributed by atoms with E-state index >= 15 is 0 Å². The van der Waals surface area contributed by atoms with Crippen LogP contribution in [0.25, 0.3) is 0 Å². The van der Waals surface area contributed by atoms with Gasteiger partial charge in [-0.25, -0.2) is 0 Å². The van der Waals surface area contributed by atoms with Crippen LogP contribution >= 0.6 is 23.1 Å². The smallest absolute Gasteiger partial charge is 0.138 e. The Kier molecular flexibility index (Phi) is 2.78. The average molecular weight is 219 g/mol. The van der Waals surface area contributed by atoms with Crippen molar-refractivity contribution in [3.05, 3.63) is 10.0 Å². The van der Waals surface area contributed by atoms with Crippen molar-refractivity contribution >= 4 is 23.1 Å². The van der Waals surface area contributed by atoms with Gasteiger partial charge in [-0.1, -0.05) is 16.1 Å². The van der Waals surface area contributed by atoms with Gasteiger partial charge >= 0.3 is 0 Å². The predicted octanol–water partition coefficient (Wildman–Crippen LogP) is 0.595. The molecule has 0 radical (unpaired) electrons. The molecule has 1 aliphatic heterocycles. The number of aromatic nitrogens is 2. The van der Waals surface area contributed by atoms with E-state index in [-0.39, 0.29) is 0 Å².